The molecular weight excluding hydrogens is 344 g/mol. The summed E-state index contributed by atoms with van der Waals surface area (Å²) in [6, 6.07) is 18.9. The minimum Gasteiger partial charge on any atom is -0.322 e. The SMILES string of the molecule is Brc1ccc(CSc2nccn2Cc2ccccc2)cc1. The Labute approximate surface area is 137 Å². The van der Waals surface area contributed by atoms with Gasteiger partial charge < -0.3 is 4.57 Å². The summed E-state index contributed by atoms with van der Waals surface area (Å²) in [5.74, 6) is 0.930. The van der Waals surface area contributed by atoms with E-state index in [9.17, 15) is 0 Å². The van der Waals surface area contributed by atoms with E-state index in [1.807, 2.05) is 18.5 Å². The van der Waals surface area contributed by atoms with E-state index < -0.39 is 0 Å². The first kappa shape index (κ1) is 14.4. The van der Waals surface area contributed by atoms with E-state index in [4.69, 9.17) is 0 Å². The van der Waals surface area contributed by atoms with Gasteiger partial charge in [0.15, 0.2) is 5.16 Å². The molecule has 0 saturated carbocycles. The van der Waals surface area contributed by atoms with Gasteiger partial charge in [-0.25, -0.2) is 4.98 Å². The molecule has 0 radical (unpaired) electrons. The lowest BCUT2D eigenvalue weighted by Crippen LogP contribution is -2.00. The van der Waals surface area contributed by atoms with Crippen molar-refractivity contribution < 1.29 is 0 Å². The number of imidazole rings is 1. The summed E-state index contributed by atoms with van der Waals surface area (Å²) in [6.45, 7) is 0.865. The molecule has 0 unspecified atom stereocenters. The van der Waals surface area contributed by atoms with Crippen LogP contribution in [0, 0.1) is 0 Å². The first-order valence-electron chi connectivity index (χ1n) is 6.73. The molecule has 0 amide bonds. The van der Waals surface area contributed by atoms with Crippen LogP contribution in [0.25, 0.3) is 0 Å². The minimum absolute atomic E-state index is 0.865. The Morgan fingerprint density at radius 2 is 1.71 bits per heavy atom. The maximum atomic E-state index is 4.46. The van der Waals surface area contributed by atoms with Crippen molar-refractivity contribution >= 4 is 27.7 Å². The van der Waals surface area contributed by atoms with Crippen molar-refractivity contribution in [3.63, 3.8) is 0 Å². The lowest BCUT2D eigenvalue weighted by Gasteiger charge is -2.07. The van der Waals surface area contributed by atoms with E-state index in [0.717, 1.165) is 21.9 Å². The number of benzene rings is 2. The van der Waals surface area contributed by atoms with Crippen LogP contribution in [0.1, 0.15) is 11.1 Å². The fraction of sp³-hybridized carbons (Fsp3) is 0.118. The van der Waals surface area contributed by atoms with E-state index in [2.05, 4.69) is 74.0 Å². The van der Waals surface area contributed by atoms with Crippen LogP contribution in [0.2, 0.25) is 0 Å². The van der Waals surface area contributed by atoms with Gasteiger partial charge in [0.25, 0.3) is 0 Å². The molecule has 3 aromatic rings. The second-order valence-corrected chi connectivity index (χ2v) is 6.60. The number of rotatable bonds is 5. The molecule has 0 spiro atoms. The predicted octanol–water partition coefficient (Wildman–Crippen LogP) is 4.99. The minimum atomic E-state index is 0.865. The molecule has 0 aliphatic rings. The van der Waals surface area contributed by atoms with Gasteiger partial charge in [-0.05, 0) is 23.3 Å². The highest BCUT2D eigenvalue weighted by Gasteiger charge is 2.05. The van der Waals surface area contributed by atoms with E-state index in [0.29, 0.717) is 0 Å². The summed E-state index contributed by atoms with van der Waals surface area (Å²) in [5, 5.41) is 1.06. The Morgan fingerprint density at radius 3 is 2.48 bits per heavy atom. The zero-order valence-corrected chi connectivity index (χ0v) is 13.8. The zero-order chi connectivity index (χ0) is 14.5. The Hall–Kier alpha value is -1.52. The van der Waals surface area contributed by atoms with E-state index in [-0.39, 0.29) is 0 Å². The number of hydrogen-bond acceptors (Lipinski definition) is 2. The van der Waals surface area contributed by atoms with Crippen LogP contribution in [0.3, 0.4) is 0 Å². The third-order valence-corrected chi connectivity index (χ3v) is 4.76. The molecule has 21 heavy (non-hydrogen) atoms. The van der Waals surface area contributed by atoms with Gasteiger partial charge >= 0.3 is 0 Å². The number of thioether (sulfide) groups is 1. The highest BCUT2D eigenvalue weighted by molar-refractivity contribution is 9.10. The van der Waals surface area contributed by atoms with Crippen LogP contribution in [0.15, 0.2) is 76.6 Å². The molecule has 106 valence electrons. The van der Waals surface area contributed by atoms with Gasteiger partial charge in [-0.3, -0.25) is 0 Å². The maximum absolute atomic E-state index is 4.46. The molecule has 0 aliphatic carbocycles. The molecule has 0 bridgehead atoms. The van der Waals surface area contributed by atoms with Gasteiger partial charge in [-0.2, -0.15) is 0 Å². The largest absolute Gasteiger partial charge is 0.322 e. The highest BCUT2D eigenvalue weighted by atomic mass is 79.9. The molecule has 1 heterocycles. The van der Waals surface area contributed by atoms with Gasteiger partial charge in [-0.1, -0.05) is 70.2 Å². The molecule has 3 rings (SSSR count). The average Bonchev–Trinajstić information content (AvgIpc) is 2.95. The summed E-state index contributed by atoms with van der Waals surface area (Å²) >= 11 is 5.23. The van der Waals surface area contributed by atoms with Crippen molar-refractivity contribution in [2.24, 2.45) is 0 Å². The first-order chi connectivity index (χ1) is 10.3. The van der Waals surface area contributed by atoms with Gasteiger partial charge in [0.2, 0.25) is 0 Å². The molecule has 0 fully saturated rings. The van der Waals surface area contributed by atoms with Crippen molar-refractivity contribution in [3.05, 3.63) is 82.6 Å². The topological polar surface area (TPSA) is 17.8 Å². The summed E-state index contributed by atoms with van der Waals surface area (Å²) < 4.78 is 3.31. The van der Waals surface area contributed by atoms with Gasteiger partial charge in [0.05, 0.1) is 0 Å². The van der Waals surface area contributed by atoms with E-state index in [1.54, 1.807) is 11.8 Å². The Balaban J connectivity index is 1.66. The van der Waals surface area contributed by atoms with Crippen LogP contribution < -0.4 is 0 Å². The highest BCUT2D eigenvalue weighted by Crippen LogP contribution is 2.23. The first-order valence-corrected chi connectivity index (χ1v) is 8.51. The van der Waals surface area contributed by atoms with E-state index >= 15 is 0 Å². The number of halogens is 1. The number of aromatic nitrogens is 2. The molecule has 0 atom stereocenters. The van der Waals surface area contributed by atoms with Crippen LogP contribution in [0.5, 0.6) is 0 Å². The van der Waals surface area contributed by atoms with Crippen molar-refractivity contribution in [1.29, 1.82) is 0 Å². The number of nitrogens with zero attached hydrogens (tertiary/aromatic N) is 2. The van der Waals surface area contributed by atoms with Crippen LogP contribution in [0.4, 0.5) is 0 Å². The third kappa shape index (κ3) is 3.99. The zero-order valence-electron chi connectivity index (χ0n) is 11.4. The molecule has 0 N–H and O–H groups in total. The second kappa shape index (κ2) is 6.96. The van der Waals surface area contributed by atoms with Crippen LogP contribution >= 0.6 is 27.7 Å². The van der Waals surface area contributed by atoms with Crippen molar-refractivity contribution in [2.45, 2.75) is 17.5 Å². The monoisotopic (exact) mass is 358 g/mol. The Bertz CT molecular complexity index is 692. The Kier molecular flexibility index (Phi) is 4.78. The van der Waals surface area contributed by atoms with Gasteiger partial charge in [-0.15, -0.1) is 0 Å². The molecule has 0 saturated heterocycles. The van der Waals surface area contributed by atoms with Crippen molar-refractivity contribution in [1.82, 2.24) is 9.55 Å². The summed E-state index contributed by atoms with van der Waals surface area (Å²) in [7, 11) is 0. The van der Waals surface area contributed by atoms with Crippen LogP contribution in [-0.4, -0.2) is 9.55 Å². The summed E-state index contributed by atoms with van der Waals surface area (Å²) in [4.78, 5) is 4.46. The lowest BCUT2D eigenvalue weighted by molar-refractivity contribution is 0.708. The predicted molar refractivity (Wildman–Crippen MR) is 91.5 cm³/mol. The third-order valence-electron chi connectivity index (χ3n) is 3.15. The van der Waals surface area contributed by atoms with E-state index in [1.165, 1.54) is 11.1 Å². The fourth-order valence-electron chi connectivity index (χ4n) is 2.06. The fourth-order valence-corrected chi connectivity index (χ4v) is 3.24. The summed E-state index contributed by atoms with van der Waals surface area (Å²) in [5.41, 5.74) is 2.60. The Morgan fingerprint density at radius 1 is 0.952 bits per heavy atom. The van der Waals surface area contributed by atoms with Gasteiger partial charge in [0.1, 0.15) is 0 Å². The van der Waals surface area contributed by atoms with Crippen molar-refractivity contribution in [3.8, 4) is 0 Å². The van der Waals surface area contributed by atoms with Crippen molar-refractivity contribution in [2.75, 3.05) is 0 Å². The maximum Gasteiger partial charge on any atom is 0.168 e. The molecule has 2 nitrogen and oxygen atoms in total. The standard InChI is InChI=1S/C17H15BrN2S/c18-16-8-6-15(7-9-16)13-21-17-19-10-11-20(17)12-14-4-2-1-3-5-14/h1-11H,12-13H2. The molecule has 4 heteroatoms. The average molecular weight is 359 g/mol. The molecule has 2 aromatic carbocycles. The molecular formula is C17H15BrN2S. The second-order valence-electron chi connectivity index (χ2n) is 4.74. The lowest BCUT2D eigenvalue weighted by atomic mass is 10.2. The quantitative estimate of drug-likeness (QED) is 0.598. The number of hydrogen-bond donors (Lipinski definition) is 0. The molecule has 0 aliphatic heterocycles. The van der Waals surface area contributed by atoms with Gasteiger partial charge in [0, 0.05) is 29.2 Å². The normalized spacial score (nSPS) is 10.7. The molecule has 1 aromatic heterocycles. The summed E-state index contributed by atoms with van der Waals surface area (Å²) in [6.07, 6.45) is 3.91. The smallest absolute Gasteiger partial charge is 0.168 e. The van der Waals surface area contributed by atoms with Crippen LogP contribution in [-0.2, 0) is 12.3 Å².